The number of aromatic nitrogens is 5. The Morgan fingerprint density at radius 3 is 2.58 bits per heavy atom. The van der Waals surface area contributed by atoms with E-state index < -0.39 is 18.4 Å². The van der Waals surface area contributed by atoms with Crippen LogP contribution < -0.4 is 5.56 Å². The highest BCUT2D eigenvalue weighted by Crippen LogP contribution is 2.36. The van der Waals surface area contributed by atoms with Gasteiger partial charge in [0.25, 0.3) is 5.56 Å². The van der Waals surface area contributed by atoms with E-state index >= 15 is 0 Å². The van der Waals surface area contributed by atoms with Crippen molar-refractivity contribution in [2.24, 2.45) is 13.0 Å². The van der Waals surface area contributed by atoms with E-state index in [-0.39, 0.29) is 11.5 Å². The van der Waals surface area contributed by atoms with Gasteiger partial charge in [-0.05, 0) is 18.4 Å². The van der Waals surface area contributed by atoms with Gasteiger partial charge >= 0.3 is 6.16 Å². The van der Waals surface area contributed by atoms with Gasteiger partial charge in [0.1, 0.15) is 0 Å². The third-order valence-electron chi connectivity index (χ3n) is 5.80. The van der Waals surface area contributed by atoms with E-state index in [0.29, 0.717) is 34.9 Å². The smallest absolute Gasteiger partial charge is 0.426 e. The van der Waals surface area contributed by atoms with Gasteiger partial charge in [0.15, 0.2) is 23.4 Å². The molecule has 31 heavy (non-hydrogen) atoms. The molecule has 160 valence electrons. The fourth-order valence-electron chi connectivity index (χ4n) is 4.29. The first-order valence-electron chi connectivity index (χ1n) is 10.2. The molecule has 1 saturated heterocycles. The van der Waals surface area contributed by atoms with E-state index in [2.05, 4.69) is 9.97 Å². The molecular weight excluding hydrogens is 398 g/mol. The van der Waals surface area contributed by atoms with Crippen molar-refractivity contribution in [1.82, 2.24) is 23.5 Å². The number of fused-ring (bicyclic) bond motifs is 2. The molecule has 1 fully saturated rings. The zero-order chi connectivity index (χ0) is 21.9. The predicted molar refractivity (Wildman–Crippen MR) is 113 cm³/mol. The zero-order valence-corrected chi connectivity index (χ0v) is 17.8. The summed E-state index contributed by atoms with van der Waals surface area (Å²) < 4.78 is 16.0. The maximum atomic E-state index is 13.7. The number of rotatable bonds is 4. The first-order valence-corrected chi connectivity index (χ1v) is 10.2. The molecule has 9 nitrogen and oxygen atoms in total. The largest absolute Gasteiger partial charge is 0.509 e. The number of imidazole rings is 2. The molecule has 0 amide bonds. The SMILES string of the molecule is Cc1nc2n(C)c3ncn(Cc4ccccc4)c3c(=O)n2c1[C@H]1OC(=O)O[C@@H]1C(C)C. The van der Waals surface area contributed by atoms with E-state index in [1.165, 1.54) is 4.40 Å². The lowest BCUT2D eigenvalue weighted by Crippen LogP contribution is -2.27. The molecule has 3 aromatic heterocycles. The minimum absolute atomic E-state index is 0.0117. The number of hydrogen-bond acceptors (Lipinski definition) is 6. The summed E-state index contributed by atoms with van der Waals surface area (Å²) in [6.07, 6.45) is -0.273. The van der Waals surface area contributed by atoms with Crippen LogP contribution in [-0.4, -0.2) is 35.8 Å². The lowest BCUT2D eigenvalue weighted by Gasteiger charge is -2.19. The zero-order valence-electron chi connectivity index (χ0n) is 17.8. The van der Waals surface area contributed by atoms with Crippen LogP contribution >= 0.6 is 0 Å². The van der Waals surface area contributed by atoms with Gasteiger partial charge in [-0.2, -0.15) is 0 Å². The number of cyclic esters (lactones) is 2. The molecule has 1 aliphatic rings. The van der Waals surface area contributed by atoms with Crippen molar-refractivity contribution in [2.75, 3.05) is 0 Å². The summed E-state index contributed by atoms with van der Waals surface area (Å²) >= 11 is 0. The fourth-order valence-corrected chi connectivity index (χ4v) is 4.29. The second kappa shape index (κ2) is 6.97. The van der Waals surface area contributed by atoms with Crippen LogP contribution in [0.25, 0.3) is 16.9 Å². The van der Waals surface area contributed by atoms with E-state index in [4.69, 9.17) is 9.47 Å². The third kappa shape index (κ3) is 2.91. The Bertz CT molecular complexity index is 1370. The Kier molecular flexibility index (Phi) is 4.35. The first kappa shape index (κ1) is 19.3. The van der Waals surface area contributed by atoms with Crippen LogP contribution in [0.15, 0.2) is 41.5 Å². The Balaban J connectivity index is 1.75. The van der Waals surface area contributed by atoms with Crippen LogP contribution in [0, 0.1) is 12.8 Å². The number of ether oxygens (including phenoxy) is 2. The molecule has 0 saturated carbocycles. The molecule has 2 atom stereocenters. The quantitative estimate of drug-likeness (QED) is 0.471. The third-order valence-corrected chi connectivity index (χ3v) is 5.80. The van der Waals surface area contributed by atoms with Crippen molar-refractivity contribution in [3.05, 3.63) is 64.0 Å². The summed E-state index contributed by atoms with van der Waals surface area (Å²) in [5.41, 5.74) is 2.97. The molecule has 0 unspecified atom stereocenters. The van der Waals surface area contributed by atoms with Gasteiger partial charge < -0.3 is 14.0 Å². The standard InChI is InChI=1S/C22H23N5O4/c1-12(2)17-18(31-22(29)30-17)15-13(3)24-21-25(4)19-16(20(28)27(15)21)26(11-23-19)10-14-8-6-5-7-9-14/h5-9,11-12,17-18H,10H2,1-4H3/t17-,18-/m1/s1. The summed E-state index contributed by atoms with van der Waals surface area (Å²) in [6.45, 7) is 6.21. The van der Waals surface area contributed by atoms with E-state index in [9.17, 15) is 9.59 Å². The van der Waals surface area contributed by atoms with Gasteiger partial charge in [0.2, 0.25) is 5.78 Å². The van der Waals surface area contributed by atoms with Crippen LogP contribution in [0.3, 0.4) is 0 Å². The fraction of sp³-hybridized carbons (Fsp3) is 0.364. The monoisotopic (exact) mass is 421 g/mol. The summed E-state index contributed by atoms with van der Waals surface area (Å²) in [5.74, 6) is 0.456. The molecule has 4 heterocycles. The molecule has 1 aliphatic heterocycles. The van der Waals surface area contributed by atoms with Crippen molar-refractivity contribution in [3.8, 4) is 0 Å². The van der Waals surface area contributed by atoms with Crippen molar-refractivity contribution in [1.29, 1.82) is 0 Å². The number of carbonyl (C=O) groups is 1. The molecule has 0 bridgehead atoms. The van der Waals surface area contributed by atoms with Crippen LogP contribution in [0.4, 0.5) is 4.79 Å². The molecule has 4 aromatic rings. The Morgan fingerprint density at radius 2 is 1.87 bits per heavy atom. The summed E-state index contributed by atoms with van der Waals surface area (Å²) in [4.78, 5) is 34.7. The van der Waals surface area contributed by atoms with Crippen molar-refractivity contribution < 1.29 is 14.3 Å². The molecule has 0 radical (unpaired) electrons. The molecule has 1 aromatic carbocycles. The van der Waals surface area contributed by atoms with Gasteiger partial charge in [-0.25, -0.2) is 19.2 Å². The van der Waals surface area contributed by atoms with Gasteiger partial charge in [0.05, 0.1) is 17.7 Å². The second-order valence-corrected chi connectivity index (χ2v) is 8.23. The molecule has 0 spiro atoms. The predicted octanol–water partition coefficient (Wildman–Crippen LogP) is 2.97. The van der Waals surface area contributed by atoms with E-state index in [0.717, 1.165) is 5.56 Å². The van der Waals surface area contributed by atoms with Gasteiger partial charge in [-0.15, -0.1) is 0 Å². The van der Waals surface area contributed by atoms with Crippen LogP contribution in [0.1, 0.15) is 36.9 Å². The molecule has 5 rings (SSSR count). The van der Waals surface area contributed by atoms with E-state index in [1.807, 2.05) is 55.8 Å². The Morgan fingerprint density at radius 1 is 1.13 bits per heavy atom. The highest BCUT2D eigenvalue weighted by Gasteiger charge is 2.43. The second-order valence-electron chi connectivity index (χ2n) is 8.23. The van der Waals surface area contributed by atoms with Gasteiger partial charge in [0, 0.05) is 13.6 Å². The van der Waals surface area contributed by atoms with Gasteiger partial charge in [-0.3, -0.25) is 9.36 Å². The lowest BCUT2D eigenvalue weighted by atomic mass is 9.99. The summed E-state index contributed by atoms with van der Waals surface area (Å²) in [6, 6.07) is 9.88. The van der Waals surface area contributed by atoms with Crippen LogP contribution in [-0.2, 0) is 23.1 Å². The highest BCUT2D eigenvalue weighted by atomic mass is 16.8. The minimum atomic E-state index is -0.731. The highest BCUT2D eigenvalue weighted by molar-refractivity contribution is 5.73. The van der Waals surface area contributed by atoms with Crippen molar-refractivity contribution >= 4 is 23.1 Å². The Labute approximate surface area is 177 Å². The van der Waals surface area contributed by atoms with Gasteiger partial charge in [-0.1, -0.05) is 44.2 Å². The maximum absolute atomic E-state index is 13.7. The van der Waals surface area contributed by atoms with Crippen molar-refractivity contribution in [2.45, 2.75) is 39.5 Å². The van der Waals surface area contributed by atoms with Crippen LogP contribution in [0.2, 0.25) is 0 Å². The average molecular weight is 421 g/mol. The lowest BCUT2D eigenvalue weighted by molar-refractivity contribution is 0.101. The number of hydrogen-bond donors (Lipinski definition) is 0. The Hall–Kier alpha value is -3.62. The number of carbonyl (C=O) groups excluding carboxylic acids is 1. The topological polar surface area (TPSA) is 92.7 Å². The first-order chi connectivity index (χ1) is 14.9. The van der Waals surface area contributed by atoms with Crippen molar-refractivity contribution in [3.63, 3.8) is 0 Å². The number of aryl methyl sites for hydroxylation is 2. The summed E-state index contributed by atoms with van der Waals surface area (Å²) in [7, 11) is 1.82. The minimum Gasteiger partial charge on any atom is -0.426 e. The number of nitrogens with zero attached hydrogens (tertiary/aromatic N) is 5. The maximum Gasteiger partial charge on any atom is 0.509 e. The van der Waals surface area contributed by atoms with Crippen LogP contribution in [0.5, 0.6) is 0 Å². The summed E-state index contributed by atoms with van der Waals surface area (Å²) in [5, 5.41) is 0. The molecule has 9 heteroatoms. The van der Waals surface area contributed by atoms with E-state index in [1.54, 1.807) is 17.8 Å². The average Bonchev–Trinajstić information content (AvgIpc) is 3.42. The normalized spacial score (nSPS) is 18.8. The molecular formula is C22H23N5O4. The molecule has 0 N–H and O–H groups in total. The number of benzene rings is 1. The molecule has 0 aliphatic carbocycles.